The molecule has 1 aliphatic heterocycles. The van der Waals surface area contributed by atoms with Crippen molar-refractivity contribution in [3.05, 3.63) is 24.3 Å². The topological polar surface area (TPSA) is 45.7 Å². The number of hydrogen-bond donors (Lipinski definition) is 0. The molecule has 1 amide bonds. The number of benzene rings is 1. The number of ether oxygens (including phenoxy) is 1. The summed E-state index contributed by atoms with van der Waals surface area (Å²) in [6.07, 6.45) is -0.229. The molecule has 5 nitrogen and oxygen atoms in total. The van der Waals surface area contributed by atoms with Gasteiger partial charge in [0, 0.05) is 31.1 Å². The highest BCUT2D eigenvalue weighted by Gasteiger charge is 2.31. The fourth-order valence-corrected chi connectivity index (χ4v) is 3.64. The van der Waals surface area contributed by atoms with Crippen molar-refractivity contribution in [3.8, 4) is 0 Å². The minimum Gasteiger partial charge on any atom is -0.444 e. The van der Waals surface area contributed by atoms with Crippen molar-refractivity contribution < 1.29 is 9.53 Å². The highest BCUT2D eigenvalue weighted by Crippen LogP contribution is 2.30. The first-order chi connectivity index (χ1) is 10.8. The minimum atomic E-state index is -0.459. The van der Waals surface area contributed by atoms with E-state index in [4.69, 9.17) is 4.74 Å². The van der Waals surface area contributed by atoms with Crippen molar-refractivity contribution in [2.75, 3.05) is 24.5 Å². The predicted octanol–water partition coefficient (Wildman–Crippen LogP) is 3.74. The van der Waals surface area contributed by atoms with E-state index in [1.807, 2.05) is 37.8 Å². The number of anilines is 1. The van der Waals surface area contributed by atoms with E-state index in [1.54, 1.807) is 0 Å². The van der Waals surface area contributed by atoms with E-state index in [2.05, 4.69) is 28.3 Å². The Bertz CT molecular complexity index is 707. The normalized spacial score (nSPS) is 19.2. The van der Waals surface area contributed by atoms with Crippen LogP contribution in [0.5, 0.6) is 0 Å². The molecule has 2 aromatic rings. The van der Waals surface area contributed by atoms with E-state index in [1.165, 1.54) is 21.6 Å². The third-order valence-electron chi connectivity index (χ3n) is 3.91. The van der Waals surface area contributed by atoms with Gasteiger partial charge >= 0.3 is 6.09 Å². The van der Waals surface area contributed by atoms with Crippen molar-refractivity contribution in [2.24, 2.45) is 0 Å². The van der Waals surface area contributed by atoms with Crippen LogP contribution in [0.2, 0.25) is 0 Å². The highest BCUT2D eigenvalue weighted by molar-refractivity contribution is 7.13. The first-order valence-electron chi connectivity index (χ1n) is 7.94. The number of carbonyl (C=O) groups excluding carboxylic acids is 1. The van der Waals surface area contributed by atoms with Gasteiger partial charge in [-0.05, 0) is 51.4 Å². The van der Waals surface area contributed by atoms with Crippen LogP contribution >= 0.6 is 11.5 Å². The summed E-state index contributed by atoms with van der Waals surface area (Å²) in [5.41, 5.74) is -0.459. The fourth-order valence-electron chi connectivity index (χ4n) is 2.84. The summed E-state index contributed by atoms with van der Waals surface area (Å²) in [5, 5.41) is 1.19. The van der Waals surface area contributed by atoms with Gasteiger partial charge in [-0.25, -0.2) is 4.79 Å². The molecule has 124 valence electrons. The van der Waals surface area contributed by atoms with Crippen LogP contribution in [0, 0.1) is 0 Å². The van der Waals surface area contributed by atoms with Gasteiger partial charge in [-0.15, -0.1) is 0 Å². The number of rotatable bonds is 1. The number of nitrogens with zero attached hydrogens (tertiary/aromatic N) is 3. The minimum absolute atomic E-state index is 0.0964. The summed E-state index contributed by atoms with van der Waals surface area (Å²) >= 11 is 1.53. The van der Waals surface area contributed by atoms with Gasteiger partial charge in [-0.3, -0.25) is 0 Å². The number of aromatic nitrogens is 1. The molecule has 0 N–H and O–H groups in total. The molecule has 3 rings (SSSR count). The summed E-state index contributed by atoms with van der Waals surface area (Å²) in [4.78, 5) is 16.4. The number of amides is 1. The van der Waals surface area contributed by atoms with E-state index in [9.17, 15) is 4.79 Å². The van der Waals surface area contributed by atoms with Crippen molar-refractivity contribution in [3.63, 3.8) is 0 Å². The molecule has 1 saturated heterocycles. The maximum Gasteiger partial charge on any atom is 0.410 e. The lowest BCUT2D eigenvalue weighted by atomic mass is 10.1. The largest absolute Gasteiger partial charge is 0.444 e. The van der Waals surface area contributed by atoms with Gasteiger partial charge in [0.25, 0.3) is 0 Å². The third-order valence-corrected chi connectivity index (χ3v) is 4.73. The van der Waals surface area contributed by atoms with E-state index in [0.717, 1.165) is 18.9 Å². The average molecular weight is 333 g/mol. The van der Waals surface area contributed by atoms with Crippen LogP contribution in [-0.4, -0.2) is 46.6 Å². The molecular weight excluding hydrogens is 310 g/mol. The van der Waals surface area contributed by atoms with Crippen molar-refractivity contribution >= 4 is 33.5 Å². The van der Waals surface area contributed by atoms with E-state index in [-0.39, 0.29) is 12.1 Å². The second kappa shape index (κ2) is 6.00. The van der Waals surface area contributed by atoms with E-state index >= 15 is 0 Å². The molecule has 6 heteroatoms. The number of hydrogen-bond acceptors (Lipinski definition) is 5. The van der Waals surface area contributed by atoms with Crippen LogP contribution in [0.3, 0.4) is 0 Å². The van der Waals surface area contributed by atoms with Crippen LogP contribution in [0.25, 0.3) is 10.1 Å². The lowest BCUT2D eigenvalue weighted by molar-refractivity contribution is 0.0159. The van der Waals surface area contributed by atoms with Crippen LogP contribution in [0.15, 0.2) is 24.3 Å². The smallest absolute Gasteiger partial charge is 0.410 e. The lowest BCUT2D eigenvalue weighted by Gasteiger charge is -2.40. The molecule has 1 fully saturated rings. The van der Waals surface area contributed by atoms with Gasteiger partial charge in [-0.1, -0.05) is 12.1 Å². The fraction of sp³-hybridized carbons (Fsp3) is 0.529. The SMILES string of the molecule is C[C@H]1CN(c2nsc3ccccc23)CCN1C(=O)OC(C)(C)C. The molecule has 1 aliphatic rings. The summed E-state index contributed by atoms with van der Waals surface area (Å²) < 4.78 is 11.3. The lowest BCUT2D eigenvalue weighted by Crippen LogP contribution is -2.55. The summed E-state index contributed by atoms with van der Waals surface area (Å²) in [6, 6.07) is 8.38. The van der Waals surface area contributed by atoms with Crippen LogP contribution in [0.1, 0.15) is 27.7 Å². The van der Waals surface area contributed by atoms with Gasteiger partial charge in [-0.2, -0.15) is 4.37 Å². The third kappa shape index (κ3) is 3.42. The zero-order chi connectivity index (χ0) is 16.6. The van der Waals surface area contributed by atoms with Gasteiger partial charge in [0.1, 0.15) is 11.4 Å². The number of carbonyl (C=O) groups is 1. The molecule has 1 atom stereocenters. The zero-order valence-corrected chi connectivity index (χ0v) is 14.9. The second-order valence-electron chi connectivity index (χ2n) is 6.97. The standard InChI is InChI=1S/C17H23N3O2S/c1-12-11-19(9-10-20(12)16(21)22-17(2,3)4)15-13-7-5-6-8-14(13)23-18-15/h5-8,12H,9-11H2,1-4H3/t12-/m0/s1. The molecule has 1 aromatic carbocycles. The summed E-state index contributed by atoms with van der Waals surface area (Å²) in [5.74, 6) is 1.03. The Morgan fingerprint density at radius 2 is 2.04 bits per heavy atom. The van der Waals surface area contributed by atoms with Crippen molar-refractivity contribution in [1.29, 1.82) is 0 Å². The molecule has 0 unspecified atom stereocenters. The molecule has 2 heterocycles. The van der Waals surface area contributed by atoms with Gasteiger partial charge in [0.15, 0.2) is 0 Å². The average Bonchev–Trinajstić information content (AvgIpc) is 2.89. The van der Waals surface area contributed by atoms with Gasteiger partial charge in [0.05, 0.1) is 4.70 Å². The molecule has 0 saturated carbocycles. The molecule has 0 aliphatic carbocycles. The maximum atomic E-state index is 12.3. The Hall–Kier alpha value is -1.82. The number of fused-ring (bicyclic) bond motifs is 1. The Labute approximate surface area is 141 Å². The van der Waals surface area contributed by atoms with Crippen molar-refractivity contribution in [2.45, 2.75) is 39.3 Å². The summed E-state index contributed by atoms with van der Waals surface area (Å²) in [6.45, 7) is 9.95. The highest BCUT2D eigenvalue weighted by atomic mass is 32.1. The molecule has 23 heavy (non-hydrogen) atoms. The first-order valence-corrected chi connectivity index (χ1v) is 8.71. The zero-order valence-electron chi connectivity index (χ0n) is 14.1. The molecular formula is C17H23N3O2S. The molecule has 0 bridgehead atoms. The molecule has 0 spiro atoms. The van der Waals surface area contributed by atoms with Crippen LogP contribution in [-0.2, 0) is 4.74 Å². The van der Waals surface area contributed by atoms with Crippen LogP contribution < -0.4 is 4.90 Å². The van der Waals surface area contributed by atoms with E-state index in [0.29, 0.717) is 6.54 Å². The Kier molecular flexibility index (Phi) is 4.19. The van der Waals surface area contributed by atoms with Crippen molar-refractivity contribution in [1.82, 2.24) is 9.27 Å². The Morgan fingerprint density at radius 1 is 1.30 bits per heavy atom. The number of piperazine rings is 1. The maximum absolute atomic E-state index is 12.3. The first kappa shape index (κ1) is 16.1. The second-order valence-corrected chi connectivity index (χ2v) is 7.78. The quantitative estimate of drug-likeness (QED) is 0.797. The molecule has 0 radical (unpaired) electrons. The Balaban J connectivity index is 1.72. The summed E-state index contributed by atoms with van der Waals surface area (Å²) in [7, 11) is 0. The van der Waals surface area contributed by atoms with E-state index < -0.39 is 5.60 Å². The van der Waals surface area contributed by atoms with Gasteiger partial charge < -0.3 is 14.5 Å². The predicted molar refractivity (Wildman–Crippen MR) is 94.2 cm³/mol. The molecule has 1 aromatic heterocycles. The monoisotopic (exact) mass is 333 g/mol. The Morgan fingerprint density at radius 3 is 2.74 bits per heavy atom. The van der Waals surface area contributed by atoms with Gasteiger partial charge in [0.2, 0.25) is 0 Å². The van der Waals surface area contributed by atoms with Crippen LogP contribution in [0.4, 0.5) is 10.6 Å².